The number of hydrogen-bond donors (Lipinski definition) is 0. The largest absolute Gasteiger partial charge is 0.467 e. The van der Waals surface area contributed by atoms with Crippen molar-refractivity contribution in [2.24, 2.45) is 23.7 Å². The van der Waals surface area contributed by atoms with Crippen LogP contribution in [0.25, 0.3) is 0 Å². The lowest BCUT2D eigenvalue weighted by molar-refractivity contribution is -0.572. The van der Waals surface area contributed by atoms with Crippen molar-refractivity contribution in [2.75, 3.05) is 0 Å². The molecule has 132 valence electrons. The third-order valence-corrected chi connectivity index (χ3v) is 6.98. The smallest absolute Gasteiger partial charge is 0.201 e. The zero-order valence-corrected chi connectivity index (χ0v) is 14.6. The summed E-state index contributed by atoms with van der Waals surface area (Å²) >= 11 is 0. The predicted octanol–water partition coefficient (Wildman–Crippen LogP) is 4.20. The zero-order chi connectivity index (χ0) is 16.5. The molecule has 5 heterocycles. The molecule has 0 unspecified atom stereocenters. The highest BCUT2D eigenvalue weighted by Gasteiger charge is 2.69. The van der Waals surface area contributed by atoms with Crippen molar-refractivity contribution in [1.82, 2.24) is 0 Å². The molecule has 24 heavy (non-hydrogen) atoms. The predicted molar refractivity (Wildman–Crippen MR) is 84.5 cm³/mol. The summed E-state index contributed by atoms with van der Waals surface area (Å²) in [4.78, 5) is 12.0. The molecule has 0 aromatic carbocycles. The quantitative estimate of drug-likeness (QED) is 0.720. The van der Waals surface area contributed by atoms with Gasteiger partial charge in [0.1, 0.15) is 11.9 Å². The maximum atomic E-state index is 6.48. The van der Waals surface area contributed by atoms with Gasteiger partial charge in [0.05, 0.1) is 6.26 Å². The van der Waals surface area contributed by atoms with E-state index in [1.807, 2.05) is 19.1 Å². The zero-order valence-electron chi connectivity index (χ0n) is 14.6. The minimum Gasteiger partial charge on any atom is -0.467 e. The number of rotatable bonds is 1. The highest BCUT2D eigenvalue weighted by atomic mass is 17.3. The lowest BCUT2D eigenvalue weighted by atomic mass is 9.57. The summed E-state index contributed by atoms with van der Waals surface area (Å²) in [6.45, 7) is 6.54. The molecule has 8 atom stereocenters. The molecule has 4 aliphatic heterocycles. The van der Waals surface area contributed by atoms with E-state index in [2.05, 4.69) is 13.8 Å². The van der Waals surface area contributed by atoms with E-state index in [1.165, 1.54) is 6.42 Å². The molecule has 1 saturated carbocycles. The summed E-state index contributed by atoms with van der Waals surface area (Å²) in [5.41, 5.74) is -0.490. The first-order chi connectivity index (χ1) is 11.5. The molecule has 5 heteroatoms. The Bertz CT molecular complexity index is 615. The van der Waals surface area contributed by atoms with Gasteiger partial charge in [-0.1, -0.05) is 13.8 Å². The van der Waals surface area contributed by atoms with Crippen LogP contribution >= 0.6 is 0 Å². The van der Waals surface area contributed by atoms with Gasteiger partial charge in [0.25, 0.3) is 0 Å². The fourth-order valence-electron chi connectivity index (χ4n) is 5.68. The van der Waals surface area contributed by atoms with Crippen LogP contribution in [0.2, 0.25) is 0 Å². The molecule has 0 radical (unpaired) electrons. The molecular weight excluding hydrogens is 308 g/mol. The second-order valence-corrected chi connectivity index (χ2v) is 8.34. The highest BCUT2D eigenvalue weighted by Crippen LogP contribution is 2.62. The van der Waals surface area contributed by atoms with Crippen LogP contribution in [0.1, 0.15) is 58.3 Å². The number of ether oxygens (including phenoxy) is 2. The standard InChI is InChI=1S/C19H26O5/c1-11-6-7-14-12(2)16(15-5-4-10-20-15)21-17-19(14)13(11)8-9-18(3,22-17)23-24-19/h4-5,10-14,16-17H,6-9H2,1-3H3/t11-,12-,13+,14+,16-,17-,18-,19-/m1/s1. The van der Waals surface area contributed by atoms with Crippen LogP contribution in [0, 0.1) is 23.7 Å². The number of hydrogen-bond acceptors (Lipinski definition) is 5. The van der Waals surface area contributed by atoms with Gasteiger partial charge in [-0.3, -0.25) is 0 Å². The molecule has 2 bridgehead atoms. The Labute approximate surface area is 142 Å². The molecule has 1 aliphatic carbocycles. The molecule has 0 amide bonds. The van der Waals surface area contributed by atoms with E-state index < -0.39 is 17.7 Å². The van der Waals surface area contributed by atoms with E-state index in [0.29, 0.717) is 17.8 Å². The summed E-state index contributed by atoms with van der Waals surface area (Å²) < 4.78 is 18.5. The van der Waals surface area contributed by atoms with Crippen molar-refractivity contribution >= 4 is 0 Å². The Morgan fingerprint density at radius 3 is 2.75 bits per heavy atom. The van der Waals surface area contributed by atoms with E-state index in [4.69, 9.17) is 23.7 Å². The SMILES string of the molecule is C[C@H]1[C@H](c2ccco2)O[C@@H]2O[C@@]3(C)CC[C@H]4[C@H](C)CC[C@@H]1[C@@]24OO3. The fraction of sp³-hybridized carbons (Fsp3) is 0.789. The first-order valence-corrected chi connectivity index (χ1v) is 9.27. The van der Waals surface area contributed by atoms with Gasteiger partial charge in [0.2, 0.25) is 5.79 Å². The average molecular weight is 334 g/mol. The maximum Gasteiger partial charge on any atom is 0.201 e. The van der Waals surface area contributed by atoms with Crippen LogP contribution in [-0.4, -0.2) is 17.7 Å². The van der Waals surface area contributed by atoms with Crippen molar-refractivity contribution in [3.05, 3.63) is 24.2 Å². The molecule has 1 spiro atoms. The van der Waals surface area contributed by atoms with Gasteiger partial charge in [-0.25, -0.2) is 9.78 Å². The van der Waals surface area contributed by atoms with Crippen LogP contribution in [0.15, 0.2) is 22.8 Å². The molecule has 5 aliphatic rings. The van der Waals surface area contributed by atoms with Crippen LogP contribution < -0.4 is 0 Å². The Kier molecular flexibility index (Phi) is 3.25. The van der Waals surface area contributed by atoms with Crippen molar-refractivity contribution in [3.8, 4) is 0 Å². The van der Waals surface area contributed by atoms with E-state index >= 15 is 0 Å². The third-order valence-electron chi connectivity index (χ3n) is 6.98. The minimum atomic E-state index is -0.716. The lowest BCUT2D eigenvalue weighted by Gasteiger charge is -2.60. The first-order valence-electron chi connectivity index (χ1n) is 9.27. The minimum absolute atomic E-state index is 0.0961. The van der Waals surface area contributed by atoms with Crippen LogP contribution in [0.5, 0.6) is 0 Å². The van der Waals surface area contributed by atoms with E-state index in [0.717, 1.165) is 25.0 Å². The Balaban J connectivity index is 1.60. The maximum absolute atomic E-state index is 6.48. The van der Waals surface area contributed by atoms with Gasteiger partial charge in [-0.15, -0.1) is 0 Å². The Morgan fingerprint density at radius 1 is 1.08 bits per heavy atom. The van der Waals surface area contributed by atoms with Crippen LogP contribution in [-0.2, 0) is 19.2 Å². The molecule has 6 rings (SSSR count). The van der Waals surface area contributed by atoms with E-state index in [-0.39, 0.29) is 12.0 Å². The first kappa shape index (κ1) is 15.4. The van der Waals surface area contributed by atoms with Crippen LogP contribution in [0.3, 0.4) is 0 Å². The van der Waals surface area contributed by atoms with Gasteiger partial charge < -0.3 is 13.9 Å². The normalized spacial score (nSPS) is 53.5. The van der Waals surface area contributed by atoms with E-state index in [9.17, 15) is 0 Å². The van der Waals surface area contributed by atoms with Gasteiger partial charge in [0, 0.05) is 12.3 Å². The fourth-order valence-corrected chi connectivity index (χ4v) is 5.68. The Morgan fingerprint density at radius 2 is 1.96 bits per heavy atom. The summed E-state index contributed by atoms with van der Waals surface area (Å²) in [5, 5.41) is 0. The van der Waals surface area contributed by atoms with E-state index in [1.54, 1.807) is 6.26 Å². The van der Waals surface area contributed by atoms with Crippen LogP contribution in [0.4, 0.5) is 0 Å². The molecule has 5 fully saturated rings. The van der Waals surface area contributed by atoms with Gasteiger partial charge in [-0.05, 0) is 56.1 Å². The van der Waals surface area contributed by atoms with Crippen molar-refractivity contribution in [3.63, 3.8) is 0 Å². The summed E-state index contributed by atoms with van der Waals surface area (Å²) in [6.07, 6.45) is 5.45. The second kappa shape index (κ2) is 5.07. The topological polar surface area (TPSA) is 50.1 Å². The molecule has 0 N–H and O–H groups in total. The third kappa shape index (κ3) is 1.90. The molecule has 1 aromatic rings. The van der Waals surface area contributed by atoms with Crippen molar-refractivity contribution in [1.29, 1.82) is 0 Å². The van der Waals surface area contributed by atoms with Gasteiger partial charge in [-0.2, -0.15) is 0 Å². The second-order valence-electron chi connectivity index (χ2n) is 8.34. The molecular formula is C19H26O5. The monoisotopic (exact) mass is 334 g/mol. The number of furan rings is 1. The molecule has 5 nitrogen and oxygen atoms in total. The highest BCUT2D eigenvalue weighted by molar-refractivity contribution is 5.14. The number of fused-ring (bicyclic) bond motifs is 2. The molecule has 1 aromatic heterocycles. The van der Waals surface area contributed by atoms with Crippen molar-refractivity contribution in [2.45, 2.75) is 70.2 Å². The summed E-state index contributed by atoms with van der Waals surface area (Å²) in [5.74, 6) is 1.79. The van der Waals surface area contributed by atoms with Gasteiger partial charge in [0.15, 0.2) is 11.9 Å². The lowest BCUT2D eigenvalue weighted by Crippen LogP contribution is -2.69. The Hall–Kier alpha value is -0.880. The average Bonchev–Trinajstić information content (AvgIpc) is 2.99. The summed E-state index contributed by atoms with van der Waals surface area (Å²) in [6, 6.07) is 3.92. The van der Waals surface area contributed by atoms with Crippen molar-refractivity contribution < 1.29 is 23.7 Å². The van der Waals surface area contributed by atoms with Gasteiger partial charge >= 0.3 is 0 Å². The molecule has 4 saturated heterocycles. The summed E-state index contributed by atoms with van der Waals surface area (Å²) in [7, 11) is 0.